The molecule has 1 aromatic heterocycles. The Morgan fingerprint density at radius 3 is 2.61 bits per heavy atom. The number of carboxylic acid groups (broad SMARTS) is 1. The third kappa shape index (κ3) is 3.66. The number of aliphatic carboxylic acids is 1. The number of aromatic nitrogens is 1. The number of ether oxygens (including phenoxy) is 1. The Morgan fingerprint density at radius 2 is 2.00 bits per heavy atom. The largest absolute Gasteiger partial charge is 0.487 e. The maximum atomic E-state index is 10.4. The number of hydrogen-bond donors (Lipinski definition) is 2. The molecule has 0 amide bonds. The molecule has 4 heteroatoms. The quantitative estimate of drug-likeness (QED) is 0.822. The number of H-pyrrole nitrogens is 1. The van der Waals surface area contributed by atoms with Gasteiger partial charge in [0.25, 0.3) is 0 Å². The summed E-state index contributed by atoms with van der Waals surface area (Å²) >= 11 is 0. The smallest absolute Gasteiger partial charge is 0.303 e. The van der Waals surface area contributed by atoms with Crippen molar-refractivity contribution in [3.05, 3.63) is 53.9 Å². The molecule has 2 aromatic rings. The Bertz CT molecular complexity index is 488. The normalized spacial score (nSPS) is 10.2. The summed E-state index contributed by atoms with van der Waals surface area (Å²) in [5.74, 6) is 0.00532. The molecule has 1 aromatic carbocycles. The summed E-state index contributed by atoms with van der Waals surface area (Å²) in [6, 6.07) is 11.4. The molecule has 0 aliphatic heterocycles. The molecule has 18 heavy (non-hydrogen) atoms. The molecule has 0 saturated heterocycles. The van der Waals surface area contributed by atoms with E-state index in [1.54, 1.807) is 0 Å². The van der Waals surface area contributed by atoms with Crippen molar-refractivity contribution >= 4 is 5.97 Å². The summed E-state index contributed by atoms with van der Waals surface area (Å²) in [5.41, 5.74) is 2.02. The fourth-order valence-electron chi connectivity index (χ4n) is 1.62. The highest BCUT2D eigenvalue weighted by molar-refractivity contribution is 5.67. The number of carboxylic acids is 1. The van der Waals surface area contributed by atoms with Crippen molar-refractivity contribution in [1.29, 1.82) is 0 Å². The molecule has 0 aliphatic rings. The molecule has 0 fully saturated rings. The zero-order valence-electron chi connectivity index (χ0n) is 9.93. The van der Waals surface area contributed by atoms with Crippen molar-refractivity contribution in [2.75, 3.05) is 0 Å². The first-order chi connectivity index (χ1) is 8.74. The second-order valence-corrected chi connectivity index (χ2v) is 4.02. The van der Waals surface area contributed by atoms with Crippen molar-refractivity contribution in [2.24, 2.45) is 0 Å². The average Bonchev–Trinajstić information content (AvgIpc) is 2.88. The Kier molecular flexibility index (Phi) is 4.02. The molecule has 2 rings (SSSR count). The van der Waals surface area contributed by atoms with E-state index in [4.69, 9.17) is 9.84 Å². The number of aromatic amines is 1. The molecule has 0 radical (unpaired) electrons. The second-order valence-electron chi connectivity index (χ2n) is 4.02. The van der Waals surface area contributed by atoms with E-state index >= 15 is 0 Å². The van der Waals surface area contributed by atoms with Gasteiger partial charge in [-0.2, -0.15) is 0 Å². The monoisotopic (exact) mass is 245 g/mol. The lowest BCUT2D eigenvalue weighted by molar-refractivity contribution is -0.136. The van der Waals surface area contributed by atoms with Gasteiger partial charge in [0.2, 0.25) is 0 Å². The average molecular weight is 245 g/mol. The first-order valence-electron chi connectivity index (χ1n) is 5.80. The lowest BCUT2D eigenvalue weighted by atomic mass is 10.1. The van der Waals surface area contributed by atoms with Crippen LogP contribution in [0.4, 0.5) is 0 Å². The number of aryl methyl sites for hydroxylation is 1. The van der Waals surface area contributed by atoms with Crippen LogP contribution in [0.3, 0.4) is 0 Å². The maximum Gasteiger partial charge on any atom is 0.303 e. The van der Waals surface area contributed by atoms with Gasteiger partial charge in [-0.3, -0.25) is 4.79 Å². The van der Waals surface area contributed by atoms with Crippen LogP contribution < -0.4 is 4.74 Å². The molecule has 0 unspecified atom stereocenters. The molecular weight excluding hydrogens is 230 g/mol. The zero-order valence-corrected chi connectivity index (χ0v) is 9.93. The Labute approximate surface area is 105 Å². The van der Waals surface area contributed by atoms with Crippen LogP contribution in [0.15, 0.2) is 42.6 Å². The summed E-state index contributed by atoms with van der Waals surface area (Å²) in [6.07, 6.45) is 2.56. The van der Waals surface area contributed by atoms with E-state index in [-0.39, 0.29) is 6.42 Å². The highest BCUT2D eigenvalue weighted by Crippen LogP contribution is 2.14. The fraction of sp³-hybridized carbons (Fsp3) is 0.214. The van der Waals surface area contributed by atoms with E-state index in [0.29, 0.717) is 13.0 Å². The minimum atomic E-state index is -0.776. The molecule has 0 spiro atoms. The molecule has 1 heterocycles. The number of nitrogens with one attached hydrogen (secondary N) is 1. The van der Waals surface area contributed by atoms with E-state index in [1.165, 1.54) is 0 Å². The van der Waals surface area contributed by atoms with Gasteiger partial charge in [0, 0.05) is 12.6 Å². The van der Waals surface area contributed by atoms with E-state index in [0.717, 1.165) is 17.0 Å². The summed E-state index contributed by atoms with van der Waals surface area (Å²) in [5, 5.41) is 8.59. The molecule has 94 valence electrons. The van der Waals surface area contributed by atoms with Gasteiger partial charge in [-0.05, 0) is 36.2 Å². The topological polar surface area (TPSA) is 62.3 Å². The minimum absolute atomic E-state index is 0.155. The third-order valence-corrected chi connectivity index (χ3v) is 2.61. The second kappa shape index (κ2) is 5.91. The SMILES string of the molecule is O=C(O)CCc1ccc(OCc2ccc[nH]2)cc1. The lowest BCUT2D eigenvalue weighted by Gasteiger charge is -2.05. The van der Waals surface area contributed by atoms with Crippen LogP contribution in [0.25, 0.3) is 0 Å². The summed E-state index contributed by atoms with van der Waals surface area (Å²) < 4.78 is 5.58. The molecule has 0 atom stereocenters. The summed E-state index contributed by atoms with van der Waals surface area (Å²) in [7, 11) is 0. The van der Waals surface area contributed by atoms with Crippen molar-refractivity contribution in [3.63, 3.8) is 0 Å². The Balaban J connectivity index is 1.85. The Hall–Kier alpha value is -2.23. The van der Waals surface area contributed by atoms with Gasteiger partial charge in [-0.1, -0.05) is 12.1 Å². The highest BCUT2D eigenvalue weighted by atomic mass is 16.5. The van der Waals surface area contributed by atoms with Gasteiger partial charge in [-0.25, -0.2) is 0 Å². The first-order valence-corrected chi connectivity index (χ1v) is 5.80. The van der Waals surface area contributed by atoms with Gasteiger partial charge in [0.05, 0.1) is 5.69 Å². The third-order valence-electron chi connectivity index (χ3n) is 2.61. The zero-order chi connectivity index (χ0) is 12.8. The van der Waals surface area contributed by atoms with E-state index in [9.17, 15) is 4.79 Å². The molecule has 0 saturated carbocycles. The van der Waals surface area contributed by atoms with Crippen molar-refractivity contribution in [3.8, 4) is 5.75 Å². The molecule has 2 N–H and O–H groups in total. The van der Waals surface area contributed by atoms with Crippen LogP contribution in [0, 0.1) is 0 Å². The number of benzene rings is 1. The maximum absolute atomic E-state index is 10.4. The van der Waals surface area contributed by atoms with Crippen LogP contribution in [0.2, 0.25) is 0 Å². The van der Waals surface area contributed by atoms with Gasteiger partial charge in [0.1, 0.15) is 12.4 Å². The van der Waals surface area contributed by atoms with Crippen LogP contribution in [0.1, 0.15) is 17.7 Å². The van der Waals surface area contributed by atoms with E-state index in [2.05, 4.69) is 4.98 Å². The van der Waals surface area contributed by atoms with Crippen LogP contribution >= 0.6 is 0 Å². The Morgan fingerprint density at radius 1 is 1.22 bits per heavy atom. The molecule has 4 nitrogen and oxygen atoms in total. The van der Waals surface area contributed by atoms with Crippen LogP contribution in [-0.2, 0) is 17.8 Å². The lowest BCUT2D eigenvalue weighted by Crippen LogP contribution is -1.98. The standard InChI is InChI=1S/C14H15NO3/c16-14(17)8-5-11-3-6-13(7-4-11)18-10-12-2-1-9-15-12/h1-4,6-7,9,15H,5,8,10H2,(H,16,17). The molecule has 0 bridgehead atoms. The van der Waals surface area contributed by atoms with Gasteiger partial charge < -0.3 is 14.8 Å². The number of rotatable bonds is 6. The fourth-order valence-corrected chi connectivity index (χ4v) is 1.62. The molecular formula is C14H15NO3. The van der Waals surface area contributed by atoms with Crippen molar-refractivity contribution in [1.82, 2.24) is 4.98 Å². The van der Waals surface area contributed by atoms with E-state index < -0.39 is 5.97 Å². The number of hydrogen-bond acceptors (Lipinski definition) is 2. The predicted octanol–water partition coefficient (Wildman–Crippen LogP) is 2.61. The highest BCUT2D eigenvalue weighted by Gasteiger charge is 2.00. The minimum Gasteiger partial charge on any atom is -0.487 e. The van der Waals surface area contributed by atoms with Crippen molar-refractivity contribution in [2.45, 2.75) is 19.4 Å². The predicted molar refractivity (Wildman–Crippen MR) is 67.5 cm³/mol. The summed E-state index contributed by atoms with van der Waals surface area (Å²) in [4.78, 5) is 13.5. The van der Waals surface area contributed by atoms with Gasteiger partial charge in [0.15, 0.2) is 0 Å². The van der Waals surface area contributed by atoms with E-state index in [1.807, 2.05) is 42.6 Å². The first kappa shape index (κ1) is 12.2. The molecule has 0 aliphatic carbocycles. The van der Waals surface area contributed by atoms with Crippen molar-refractivity contribution < 1.29 is 14.6 Å². The van der Waals surface area contributed by atoms with Gasteiger partial charge in [-0.15, -0.1) is 0 Å². The van der Waals surface area contributed by atoms with Crippen LogP contribution in [0.5, 0.6) is 5.75 Å². The van der Waals surface area contributed by atoms with Crippen LogP contribution in [-0.4, -0.2) is 16.1 Å². The van der Waals surface area contributed by atoms with Gasteiger partial charge >= 0.3 is 5.97 Å². The number of carbonyl (C=O) groups is 1. The summed E-state index contributed by atoms with van der Waals surface area (Å²) in [6.45, 7) is 0.501.